The Morgan fingerprint density at radius 1 is 1.58 bits per heavy atom. The molecular weight excluding hydrogens is 246 g/mol. The molecule has 6 nitrogen and oxygen atoms in total. The first-order valence-electron chi connectivity index (χ1n) is 5.90. The van der Waals surface area contributed by atoms with E-state index in [1.54, 1.807) is 24.3 Å². The first-order chi connectivity index (χ1) is 9.10. The molecule has 1 heterocycles. The molecule has 0 spiro atoms. The van der Waals surface area contributed by atoms with E-state index in [-0.39, 0.29) is 18.5 Å². The van der Waals surface area contributed by atoms with E-state index in [9.17, 15) is 9.59 Å². The molecule has 0 radical (unpaired) electrons. The van der Waals surface area contributed by atoms with Crippen molar-refractivity contribution in [3.05, 3.63) is 29.8 Å². The highest BCUT2D eigenvalue weighted by molar-refractivity contribution is 5.94. The molecule has 0 saturated carbocycles. The van der Waals surface area contributed by atoms with Crippen molar-refractivity contribution in [1.82, 2.24) is 5.32 Å². The van der Waals surface area contributed by atoms with Crippen molar-refractivity contribution in [2.24, 2.45) is 0 Å². The number of benzene rings is 1. The van der Waals surface area contributed by atoms with Gasteiger partial charge in [-0.15, -0.1) is 0 Å². The van der Waals surface area contributed by atoms with Crippen LogP contribution in [0.5, 0.6) is 0 Å². The number of anilines is 1. The number of carbonyl (C=O) groups excluding carboxylic acids is 1. The lowest BCUT2D eigenvalue weighted by Crippen LogP contribution is -2.28. The number of aliphatic carboxylic acids is 1. The quantitative estimate of drug-likeness (QED) is 0.852. The van der Waals surface area contributed by atoms with Gasteiger partial charge in [-0.1, -0.05) is 6.07 Å². The standard InChI is InChI=1S/C13H13N3O3/c14-7-9-2-1-3-11(6-9)16-8-10(15-13(16)19)4-5-12(17)18/h1-3,6,10H,4-5,8H2,(H,15,19)(H,17,18). The van der Waals surface area contributed by atoms with Crippen LogP contribution in [0.2, 0.25) is 0 Å². The first-order valence-corrected chi connectivity index (χ1v) is 5.90. The Morgan fingerprint density at radius 2 is 2.37 bits per heavy atom. The van der Waals surface area contributed by atoms with Crippen molar-refractivity contribution in [2.45, 2.75) is 18.9 Å². The van der Waals surface area contributed by atoms with E-state index in [4.69, 9.17) is 10.4 Å². The number of hydrogen-bond acceptors (Lipinski definition) is 3. The summed E-state index contributed by atoms with van der Waals surface area (Å²) < 4.78 is 0. The van der Waals surface area contributed by atoms with Crippen molar-refractivity contribution >= 4 is 17.7 Å². The summed E-state index contributed by atoms with van der Waals surface area (Å²) in [5, 5.41) is 20.2. The van der Waals surface area contributed by atoms with Gasteiger partial charge in [-0.05, 0) is 24.6 Å². The minimum Gasteiger partial charge on any atom is -0.481 e. The second-order valence-electron chi connectivity index (χ2n) is 4.35. The molecule has 1 fully saturated rings. The molecule has 1 aliphatic rings. The number of amides is 2. The fourth-order valence-electron chi connectivity index (χ4n) is 2.03. The summed E-state index contributed by atoms with van der Waals surface area (Å²) in [5.41, 5.74) is 1.13. The molecule has 1 aromatic rings. The first kappa shape index (κ1) is 12.9. The molecule has 2 N–H and O–H groups in total. The molecule has 0 aromatic heterocycles. The number of hydrogen-bond donors (Lipinski definition) is 2. The zero-order valence-electron chi connectivity index (χ0n) is 10.2. The average molecular weight is 259 g/mol. The maximum Gasteiger partial charge on any atom is 0.322 e. The summed E-state index contributed by atoms with van der Waals surface area (Å²) in [6, 6.07) is 8.36. The third-order valence-corrected chi connectivity index (χ3v) is 2.97. The van der Waals surface area contributed by atoms with Crippen molar-refractivity contribution in [2.75, 3.05) is 11.4 Å². The summed E-state index contributed by atoms with van der Waals surface area (Å²) in [6.07, 6.45) is 0.423. The predicted molar refractivity (Wildman–Crippen MR) is 67.7 cm³/mol. The zero-order chi connectivity index (χ0) is 13.8. The largest absolute Gasteiger partial charge is 0.481 e. The van der Waals surface area contributed by atoms with Gasteiger partial charge in [0.2, 0.25) is 0 Å². The molecule has 0 bridgehead atoms. The van der Waals surface area contributed by atoms with Crippen molar-refractivity contribution in [1.29, 1.82) is 5.26 Å². The molecule has 1 atom stereocenters. The fourth-order valence-corrected chi connectivity index (χ4v) is 2.03. The minimum atomic E-state index is -0.876. The van der Waals surface area contributed by atoms with E-state index >= 15 is 0 Å². The second-order valence-corrected chi connectivity index (χ2v) is 4.35. The van der Waals surface area contributed by atoms with E-state index in [1.165, 1.54) is 4.90 Å². The van der Waals surface area contributed by atoms with Crippen LogP contribution in [0, 0.1) is 11.3 Å². The van der Waals surface area contributed by atoms with Crippen LogP contribution in [0.15, 0.2) is 24.3 Å². The average Bonchev–Trinajstić information content (AvgIpc) is 2.78. The van der Waals surface area contributed by atoms with E-state index in [0.29, 0.717) is 24.2 Å². The summed E-state index contributed by atoms with van der Waals surface area (Å²) in [4.78, 5) is 23.8. The van der Waals surface area contributed by atoms with E-state index in [1.807, 2.05) is 6.07 Å². The third kappa shape index (κ3) is 3.01. The highest BCUT2D eigenvalue weighted by Gasteiger charge is 2.29. The summed E-state index contributed by atoms with van der Waals surface area (Å²) >= 11 is 0. The van der Waals surface area contributed by atoms with Crippen molar-refractivity contribution in [3.63, 3.8) is 0 Å². The number of carbonyl (C=O) groups is 2. The van der Waals surface area contributed by atoms with Gasteiger partial charge in [-0.2, -0.15) is 5.26 Å². The number of urea groups is 1. The Kier molecular flexibility index (Phi) is 3.66. The molecule has 6 heteroatoms. The number of nitrogens with one attached hydrogen (secondary N) is 1. The Bertz CT molecular complexity index is 550. The van der Waals surface area contributed by atoms with E-state index < -0.39 is 5.97 Å². The zero-order valence-corrected chi connectivity index (χ0v) is 10.2. The van der Waals surface area contributed by atoms with Gasteiger partial charge in [0, 0.05) is 24.7 Å². The maximum atomic E-state index is 11.8. The molecule has 1 aromatic carbocycles. The molecule has 19 heavy (non-hydrogen) atoms. The fraction of sp³-hybridized carbons (Fsp3) is 0.308. The minimum absolute atomic E-state index is 0.0248. The SMILES string of the molecule is N#Cc1cccc(N2CC(CCC(=O)O)NC2=O)c1. The molecule has 98 valence electrons. The molecule has 1 saturated heterocycles. The topological polar surface area (TPSA) is 93.4 Å². The highest BCUT2D eigenvalue weighted by Crippen LogP contribution is 2.20. The Hall–Kier alpha value is -2.55. The molecule has 1 unspecified atom stereocenters. The van der Waals surface area contributed by atoms with Crippen LogP contribution in [-0.4, -0.2) is 29.7 Å². The van der Waals surface area contributed by atoms with E-state index in [0.717, 1.165) is 0 Å². The molecule has 0 aliphatic carbocycles. The van der Waals surface area contributed by atoms with Gasteiger partial charge in [0.05, 0.1) is 11.6 Å². The van der Waals surface area contributed by atoms with Crippen LogP contribution in [-0.2, 0) is 4.79 Å². The Balaban J connectivity index is 2.07. The normalized spacial score (nSPS) is 17.9. The van der Waals surface area contributed by atoms with Gasteiger partial charge in [0.1, 0.15) is 0 Å². The van der Waals surface area contributed by atoms with Crippen LogP contribution in [0.25, 0.3) is 0 Å². The Morgan fingerprint density at radius 3 is 3.05 bits per heavy atom. The molecule has 1 aliphatic heterocycles. The lowest BCUT2D eigenvalue weighted by atomic mass is 10.1. The van der Waals surface area contributed by atoms with Gasteiger partial charge in [-0.3, -0.25) is 9.69 Å². The van der Waals surface area contributed by atoms with Crippen molar-refractivity contribution in [3.8, 4) is 6.07 Å². The maximum absolute atomic E-state index is 11.8. The molecular formula is C13H13N3O3. The van der Waals surface area contributed by atoms with Gasteiger partial charge in [-0.25, -0.2) is 4.79 Å². The monoisotopic (exact) mass is 259 g/mol. The highest BCUT2D eigenvalue weighted by atomic mass is 16.4. The van der Waals surface area contributed by atoms with E-state index in [2.05, 4.69) is 5.32 Å². The Labute approximate surface area is 110 Å². The van der Waals surface area contributed by atoms with Crippen LogP contribution < -0.4 is 10.2 Å². The molecule has 2 amide bonds. The van der Waals surface area contributed by atoms with Crippen LogP contribution in [0.1, 0.15) is 18.4 Å². The number of carboxylic acids is 1. The lowest BCUT2D eigenvalue weighted by molar-refractivity contribution is -0.137. The van der Waals surface area contributed by atoms with Crippen molar-refractivity contribution < 1.29 is 14.7 Å². The van der Waals surface area contributed by atoms with Gasteiger partial charge >= 0.3 is 12.0 Å². The number of nitriles is 1. The van der Waals surface area contributed by atoms with Gasteiger partial charge in [0.15, 0.2) is 0 Å². The second kappa shape index (κ2) is 5.40. The summed E-state index contributed by atoms with van der Waals surface area (Å²) in [5.74, 6) is -0.876. The van der Waals surface area contributed by atoms with Gasteiger partial charge in [0.25, 0.3) is 0 Å². The summed E-state index contributed by atoms with van der Waals surface area (Å²) in [7, 11) is 0. The predicted octanol–water partition coefficient (Wildman–Crippen LogP) is 1.32. The molecule has 2 rings (SSSR count). The van der Waals surface area contributed by atoms with Crippen LogP contribution >= 0.6 is 0 Å². The van der Waals surface area contributed by atoms with Crippen LogP contribution in [0.3, 0.4) is 0 Å². The number of rotatable bonds is 4. The smallest absolute Gasteiger partial charge is 0.322 e. The van der Waals surface area contributed by atoms with Gasteiger partial charge < -0.3 is 10.4 Å². The number of nitrogens with zero attached hydrogens (tertiary/aromatic N) is 2. The lowest BCUT2D eigenvalue weighted by Gasteiger charge is -2.14. The summed E-state index contributed by atoms with van der Waals surface area (Å²) in [6.45, 7) is 0.418. The van der Waals surface area contributed by atoms with Crippen LogP contribution in [0.4, 0.5) is 10.5 Å². The number of carboxylic acid groups (broad SMARTS) is 1. The third-order valence-electron chi connectivity index (χ3n) is 2.97.